The van der Waals surface area contributed by atoms with Crippen LogP contribution in [0.5, 0.6) is 11.5 Å². The van der Waals surface area contributed by atoms with Crippen LogP contribution >= 0.6 is 0 Å². The summed E-state index contributed by atoms with van der Waals surface area (Å²) in [5.41, 5.74) is 3.73. The molecule has 7 heteroatoms. The van der Waals surface area contributed by atoms with Crippen LogP contribution in [0.4, 0.5) is 0 Å². The molecule has 2 heterocycles. The van der Waals surface area contributed by atoms with Gasteiger partial charge in [-0.2, -0.15) is 5.10 Å². The predicted molar refractivity (Wildman–Crippen MR) is 114 cm³/mol. The molecule has 2 aliphatic rings. The van der Waals surface area contributed by atoms with Crippen LogP contribution in [-0.2, 0) is 19.4 Å². The zero-order valence-electron chi connectivity index (χ0n) is 17.6. The van der Waals surface area contributed by atoms with Crippen molar-refractivity contribution in [2.75, 3.05) is 20.3 Å². The normalized spacial score (nSPS) is 18.9. The van der Waals surface area contributed by atoms with E-state index < -0.39 is 0 Å². The molecule has 1 aromatic carbocycles. The van der Waals surface area contributed by atoms with Crippen LogP contribution in [0, 0.1) is 0 Å². The number of hydrogen-bond donors (Lipinski definition) is 2. The lowest BCUT2D eigenvalue weighted by atomic mass is 9.94. The number of ether oxygens (including phenoxy) is 2. The van der Waals surface area contributed by atoms with Crippen LogP contribution < -0.4 is 20.1 Å². The van der Waals surface area contributed by atoms with Gasteiger partial charge >= 0.3 is 0 Å². The summed E-state index contributed by atoms with van der Waals surface area (Å²) in [6.45, 7) is 6.42. The lowest BCUT2D eigenvalue weighted by Gasteiger charge is -2.24. The molecule has 4 rings (SSSR count). The van der Waals surface area contributed by atoms with Crippen molar-refractivity contribution in [3.05, 3.63) is 41.2 Å². The molecule has 0 saturated carbocycles. The summed E-state index contributed by atoms with van der Waals surface area (Å²) in [4.78, 5) is 4.40. The van der Waals surface area contributed by atoms with E-state index >= 15 is 0 Å². The number of rotatable bonds is 4. The van der Waals surface area contributed by atoms with Crippen molar-refractivity contribution in [1.29, 1.82) is 0 Å². The molecular formula is C22H31N5O2. The van der Waals surface area contributed by atoms with Crippen molar-refractivity contribution in [3.63, 3.8) is 0 Å². The Morgan fingerprint density at radius 2 is 2.10 bits per heavy atom. The largest absolute Gasteiger partial charge is 0.490 e. The fraction of sp³-hybridized carbons (Fsp3) is 0.545. The third-order valence-electron chi connectivity index (χ3n) is 5.46. The molecule has 156 valence electrons. The number of fused-ring (bicyclic) bond motifs is 2. The first-order valence-electron chi connectivity index (χ1n) is 10.5. The second-order valence-electron chi connectivity index (χ2n) is 8.02. The Hall–Kier alpha value is -2.70. The average Bonchev–Trinajstić information content (AvgIpc) is 3.01. The quantitative estimate of drug-likeness (QED) is 0.613. The van der Waals surface area contributed by atoms with E-state index in [-0.39, 0.29) is 0 Å². The Morgan fingerprint density at radius 1 is 1.28 bits per heavy atom. The van der Waals surface area contributed by atoms with E-state index in [1.807, 2.05) is 19.2 Å². The van der Waals surface area contributed by atoms with Crippen molar-refractivity contribution in [1.82, 2.24) is 20.4 Å². The van der Waals surface area contributed by atoms with Crippen molar-refractivity contribution in [2.45, 2.75) is 58.2 Å². The molecule has 0 fully saturated rings. The number of benzene rings is 1. The number of aliphatic imine (C=N–C) groups is 1. The molecular weight excluding hydrogens is 366 g/mol. The maximum absolute atomic E-state index is 5.79. The highest BCUT2D eigenvalue weighted by atomic mass is 16.5. The predicted octanol–water partition coefficient (Wildman–Crippen LogP) is 2.85. The highest BCUT2D eigenvalue weighted by Gasteiger charge is 2.23. The first-order valence-corrected chi connectivity index (χ1v) is 10.5. The average molecular weight is 398 g/mol. The number of nitrogens with one attached hydrogen (secondary N) is 2. The summed E-state index contributed by atoms with van der Waals surface area (Å²) in [5, 5.41) is 11.7. The molecule has 1 aromatic heterocycles. The Kier molecular flexibility index (Phi) is 5.92. The van der Waals surface area contributed by atoms with Crippen LogP contribution in [0.3, 0.4) is 0 Å². The van der Waals surface area contributed by atoms with Crippen molar-refractivity contribution in [2.24, 2.45) is 4.99 Å². The third-order valence-corrected chi connectivity index (χ3v) is 5.46. The maximum atomic E-state index is 5.79. The van der Waals surface area contributed by atoms with Crippen LogP contribution in [0.15, 0.2) is 29.4 Å². The Balaban J connectivity index is 1.34. The van der Waals surface area contributed by atoms with Crippen LogP contribution in [0.2, 0.25) is 0 Å². The van der Waals surface area contributed by atoms with Gasteiger partial charge in [-0.05, 0) is 49.9 Å². The fourth-order valence-corrected chi connectivity index (χ4v) is 3.79. The summed E-state index contributed by atoms with van der Waals surface area (Å²) in [6.07, 6.45) is 6.19. The Morgan fingerprint density at radius 3 is 2.90 bits per heavy atom. The van der Waals surface area contributed by atoms with Gasteiger partial charge in [0.2, 0.25) is 0 Å². The van der Waals surface area contributed by atoms with Gasteiger partial charge in [0.25, 0.3) is 0 Å². The van der Waals surface area contributed by atoms with Gasteiger partial charge < -0.3 is 20.1 Å². The molecule has 0 spiro atoms. The molecule has 0 amide bonds. The highest BCUT2D eigenvalue weighted by Crippen LogP contribution is 2.30. The molecule has 2 N–H and O–H groups in total. The topological polar surface area (TPSA) is 72.7 Å². The summed E-state index contributed by atoms with van der Waals surface area (Å²) >= 11 is 0. The molecule has 1 unspecified atom stereocenters. The molecule has 29 heavy (non-hydrogen) atoms. The smallest absolute Gasteiger partial charge is 0.191 e. The summed E-state index contributed by atoms with van der Waals surface area (Å²) in [5.74, 6) is 2.46. The molecule has 1 atom stereocenters. The van der Waals surface area contributed by atoms with Crippen LogP contribution in [-0.4, -0.2) is 42.0 Å². The molecule has 2 aromatic rings. The molecule has 0 radical (unpaired) electrons. The van der Waals surface area contributed by atoms with Gasteiger partial charge in [0.15, 0.2) is 17.5 Å². The zero-order chi connectivity index (χ0) is 20.2. The van der Waals surface area contributed by atoms with E-state index in [1.165, 1.54) is 11.3 Å². The van der Waals surface area contributed by atoms with E-state index in [2.05, 4.69) is 46.4 Å². The molecule has 7 nitrogen and oxygen atoms in total. The summed E-state index contributed by atoms with van der Waals surface area (Å²) in [7, 11) is 1.81. The molecule has 0 bridgehead atoms. The van der Waals surface area contributed by atoms with Crippen molar-refractivity contribution >= 4 is 5.96 Å². The van der Waals surface area contributed by atoms with E-state index in [4.69, 9.17) is 14.6 Å². The number of aryl methyl sites for hydroxylation is 1. The van der Waals surface area contributed by atoms with E-state index in [0.29, 0.717) is 31.8 Å². The second-order valence-corrected chi connectivity index (χ2v) is 8.02. The van der Waals surface area contributed by atoms with Gasteiger partial charge in [-0.15, -0.1) is 0 Å². The Bertz CT molecular complexity index is 874. The first kappa shape index (κ1) is 19.6. The van der Waals surface area contributed by atoms with Crippen LogP contribution in [0.1, 0.15) is 49.6 Å². The summed E-state index contributed by atoms with van der Waals surface area (Å²) in [6, 6.07) is 6.84. The van der Waals surface area contributed by atoms with Crippen LogP contribution in [0.25, 0.3) is 0 Å². The number of nitrogens with zero attached hydrogens (tertiary/aromatic N) is 3. The first-order chi connectivity index (χ1) is 14.1. The lowest BCUT2D eigenvalue weighted by Crippen LogP contribution is -2.45. The third kappa shape index (κ3) is 4.66. The molecule has 0 saturated heterocycles. The van der Waals surface area contributed by atoms with Crippen molar-refractivity contribution in [3.8, 4) is 11.5 Å². The second kappa shape index (κ2) is 8.76. The van der Waals surface area contributed by atoms with Gasteiger partial charge in [-0.3, -0.25) is 9.67 Å². The van der Waals surface area contributed by atoms with Crippen molar-refractivity contribution < 1.29 is 9.47 Å². The zero-order valence-corrected chi connectivity index (χ0v) is 17.6. The summed E-state index contributed by atoms with van der Waals surface area (Å²) < 4.78 is 13.6. The minimum atomic E-state index is 0.341. The van der Waals surface area contributed by atoms with E-state index in [1.54, 1.807) is 0 Å². The van der Waals surface area contributed by atoms with E-state index in [0.717, 1.165) is 48.7 Å². The van der Waals surface area contributed by atoms with Gasteiger partial charge in [0.05, 0.1) is 18.9 Å². The number of hydrogen-bond acceptors (Lipinski definition) is 4. The molecule has 1 aliphatic carbocycles. The van der Waals surface area contributed by atoms with E-state index in [9.17, 15) is 0 Å². The fourth-order valence-electron chi connectivity index (χ4n) is 3.79. The molecule has 1 aliphatic heterocycles. The minimum absolute atomic E-state index is 0.341. The van der Waals surface area contributed by atoms with Gasteiger partial charge in [0.1, 0.15) is 0 Å². The maximum Gasteiger partial charge on any atom is 0.191 e. The highest BCUT2D eigenvalue weighted by molar-refractivity contribution is 5.80. The number of guanidine groups is 1. The van der Waals surface area contributed by atoms with Gasteiger partial charge in [-0.25, -0.2) is 0 Å². The van der Waals surface area contributed by atoms with Gasteiger partial charge in [0, 0.05) is 44.7 Å². The monoisotopic (exact) mass is 397 g/mol. The number of aromatic nitrogens is 2. The SMILES string of the molecule is CN=C(NCc1ccc2c(c1)OCCCO2)NC1CCc2cn(C(C)C)nc2C1. The van der Waals surface area contributed by atoms with Gasteiger partial charge in [-0.1, -0.05) is 6.07 Å². The minimum Gasteiger partial charge on any atom is -0.490 e. The standard InChI is InChI=1S/C22H31N5O2/c1-15(2)27-14-17-6-7-18(12-19(17)26-27)25-22(23-3)24-13-16-5-8-20-21(11-16)29-10-4-9-28-20/h5,8,11,14-15,18H,4,6-7,9-10,12-13H2,1-3H3,(H2,23,24,25). The Labute approximate surface area is 172 Å². The lowest BCUT2D eigenvalue weighted by molar-refractivity contribution is 0.297.